The van der Waals surface area contributed by atoms with Crippen LogP contribution in [0.1, 0.15) is 29.6 Å². The van der Waals surface area contributed by atoms with Gasteiger partial charge in [0.15, 0.2) is 0 Å². The molecule has 0 fully saturated rings. The van der Waals surface area contributed by atoms with Gasteiger partial charge in [-0.15, -0.1) is 11.8 Å². The van der Waals surface area contributed by atoms with Crippen LogP contribution < -0.4 is 5.73 Å². The maximum absolute atomic E-state index is 11.1. The highest BCUT2D eigenvalue weighted by atomic mass is 32.2. The summed E-state index contributed by atoms with van der Waals surface area (Å²) < 4.78 is 0. The lowest BCUT2D eigenvalue weighted by Crippen LogP contribution is -2.11. The first-order valence-corrected chi connectivity index (χ1v) is 6.19. The Kier molecular flexibility index (Phi) is 5.64. The van der Waals surface area contributed by atoms with Crippen molar-refractivity contribution in [3.63, 3.8) is 0 Å². The van der Waals surface area contributed by atoms with Gasteiger partial charge in [-0.3, -0.25) is 4.79 Å². The molecule has 1 aromatic carbocycles. The van der Waals surface area contributed by atoms with E-state index in [9.17, 15) is 9.59 Å². The highest BCUT2D eigenvalue weighted by molar-refractivity contribution is 7.99. The zero-order valence-corrected chi connectivity index (χ0v) is 9.83. The molecule has 0 aliphatic rings. The third kappa shape index (κ3) is 4.06. The molecule has 0 aromatic heterocycles. The van der Waals surface area contributed by atoms with Gasteiger partial charge in [-0.1, -0.05) is 12.1 Å². The lowest BCUT2D eigenvalue weighted by Gasteiger charge is -2.05. The second kappa shape index (κ2) is 7.06. The molecular formula is C12H15NO2S. The first kappa shape index (κ1) is 12.8. The molecule has 0 bridgehead atoms. The minimum Gasteiger partial charge on any atom is -0.366 e. The predicted molar refractivity (Wildman–Crippen MR) is 65.6 cm³/mol. The Hall–Kier alpha value is -1.29. The van der Waals surface area contributed by atoms with E-state index < -0.39 is 5.91 Å². The monoisotopic (exact) mass is 237 g/mol. The molecule has 0 saturated carbocycles. The molecule has 0 unspecified atom stereocenters. The fourth-order valence-electron chi connectivity index (χ4n) is 1.31. The Morgan fingerprint density at radius 2 is 2.06 bits per heavy atom. The fraction of sp³-hybridized carbons (Fsp3) is 0.333. The number of hydrogen-bond donors (Lipinski definition) is 1. The Labute approximate surface area is 99.4 Å². The first-order chi connectivity index (χ1) is 7.75. The number of amides is 1. The van der Waals surface area contributed by atoms with Gasteiger partial charge in [0.25, 0.3) is 0 Å². The van der Waals surface area contributed by atoms with Gasteiger partial charge in [0, 0.05) is 11.3 Å². The van der Waals surface area contributed by atoms with Crippen molar-refractivity contribution in [3.05, 3.63) is 29.8 Å². The van der Waals surface area contributed by atoms with E-state index in [1.165, 1.54) is 0 Å². The molecule has 1 aromatic rings. The van der Waals surface area contributed by atoms with E-state index in [1.807, 2.05) is 12.1 Å². The smallest absolute Gasteiger partial charge is 0.249 e. The number of rotatable bonds is 7. The summed E-state index contributed by atoms with van der Waals surface area (Å²) in [7, 11) is 0. The van der Waals surface area contributed by atoms with E-state index in [0.717, 1.165) is 29.8 Å². The second-order valence-corrected chi connectivity index (χ2v) is 4.51. The number of carbonyl (C=O) groups is 2. The van der Waals surface area contributed by atoms with E-state index in [0.29, 0.717) is 12.0 Å². The maximum Gasteiger partial charge on any atom is 0.249 e. The van der Waals surface area contributed by atoms with E-state index in [-0.39, 0.29) is 0 Å². The maximum atomic E-state index is 11.1. The number of primary amides is 1. The molecule has 0 heterocycles. The molecule has 1 rings (SSSR count). The first-order valence-electron chi connectivity index (χ1n) is 5.21. The molecule has 0 saturated heterocycles. The van der Waals surface area contributed by atoms with Crippen molar-refractivity contribution in [2.24, 2.45) is 5.73 Å². The van der Waals surface area contributed by atoms with Crippen LogP contribution in [-0.2, 0) is 4.79 Å². The van der Waals surface area contributed by atoms with Gasteiger partial charge in [-0.25, -0.2) is 0 Å². The topological polar surface area (TPSA) is 60.2 Å². The summed E-state index contributed by atoms with van der Waals surface area (Å²) in [6, 6.07) is 7.32. The fourth-order valence-corrected chi connectivity index (χ4v) is 2.38. The Morgan fingerprint density at radius 1 is 1.31 bits per heavy atom. The molecule has 0 aliphatic carbocycles. The molecule has 0 spiro atoms. The predicted octanol–water partition coefficient (Wildman–Crippen LogP) is 2.25. The summed E-state index contributed by atoms with van der Waals surface area (Å²) >= 11 is 1.61. The van der Waals surface area contributed by atoms with Crippen LogP contribution in [0.25, 0.3) is 0 Å². The summed E-state index contributed by atoms with van der Waals surface area (Å²) in [6.45, 7) is 0. The van der Waals surface area contributed by atoms with Crippen molar-refractivity contribution in [2.75, 3.05) is 5.75 Å². The molecule has 16 heavy (non-hydrogen) atoms. The summed E-state index contributed by atoms with van der Waals surface area (Å²) in [6.07, 6.45) is 3.41. The largest absolute Gasteiger partial charge is 0.366 e. The number of aldehydes is 1. The number of benzene rings is 1. The van der Waals surface area contributed by atoms with Crippen LogP contribution in [-0.4, -0.2) is 17.9 Å². The van der Waals surface area contributed by atoms with E-state index in [4.69, 9.17) is 5.73 Å². The summed E-state index contributed by atoms with van der Waals surface area (Å²) in [5, 5.41) is 0. The molecule has 0 atom stereocenters. The Bertz CT molecular complexity index is 366. The van der Waals surface area contributed by atoms with Gasteiger partial charge >= 0.3 is 0 Å². The van der Waals surface area contributed by atoms with Crippen LogP contribution in [0.5, 0.6) is 0 Å². The molecule has 4 heteroatoms. The van der Waals surface area contributed by atoms with Crippen molar-refractivity contribution < 1.29 is 9.59 Å². The van der Waals surface area contributed by atoms with Crippen LogP contribution in [0.2, 0.25) is 0 Å². The van der Waals surface area contributed by atoms with Crippen molar-refractivity contribution in [1.29, 1.82) is 0 Å². The Morgan fingerprint density at radius 3 is 2.75 bits per heavy atom. The summed E-state index contributed by atoms with van der Waals surface area (Å²) in [5.41, 5.74) is 5.84. The van der Waals surface area contributed by atoms with E-state index in [1.54, 1.807) is 23.9 Å². The summed E-state index contributed by atoms with van der Waals surface area (Å²) in [5.74, 6) is 0.508. The zero-order chi connectivity index (χ0) is 11.8. The van der Waals surface area contributed by atoms with Crippen LogP contribution >= 0.6 is 11.8 Å². The highest BCUT2D eigenvalue weighted by Crippen LogP contribution is 2.23. The number of hydrogen-bond acceptors (Lipinski definition) is 3. The number of thioether (sulfide) groups is 1. The molecule has 2 N–H and O–H groups in total. The zero-order valence-electron chi connectivity index (χ0n) is 9.02. The molecular weight excluding hydrogens is 222 g/mol. The molecule has 86 valence electrons. The van der Waals surface area contributed by atoms with Gasteiger partial charge in [-0.05, 0) is 30.7 Å². The van der Waals surface area contributed by atoms with Crippen LogP contribution in [0.4, 0.5) is 0 Å². The lowest BCUT2D eigenvalue weighted by atomic mass is 10.2. The van der Waals surface area contributed by atoms with Crippen molar-refractivity contribution in [2.45, 2.75) is 24.2 Å². The third-order valence-electron chi connectivity index (χ3n) is 2.13. The van der Waals surface area contributed by atoms with Crippen molar-refractivity contribution in [1.82, 2.24) is 0 Å². The quantitative estimate of drug-likeness (QED) is 0.449. The number of nitrogens with two attached hydrogens (primary N) is 1. The Balaban J connectivity index is 2.47. The van der Waals surface area contributed by atoms with E-state index in [2.05, 4.69) is 0 Å². The molecule has 0 radical (unpaired) electrons. The third-order valence-corrected chi connectivity index (χ3v) is 3.29. The van der Waals surface area contributed by atoms with Gasteiger partial charge in [0.05, 0.1) is 5.56 Å². The minimum atomic E-state index is -0.393. The number of carbonyl (C=O) groups excluding carboxylic acids is 2. The molecule has 0 aliphatic heterocycles. The van der Waals surface area contributed by atoms with Gasteiger partial charge in [0.2, 0.25) is 5.91 Å². The van der Waals surface area contributed by atoms with Crippen molar-refractivity contribution >= 4 is 24.0 Å². The van der Waals surface area contributed by atoms with Gasteiger partial charge < -0.3 is 10.5 Å². The summed E-state index contributed by atoms with van der Waals surface area (Å²) in [4.78, 5) is 22.2. The van der Waals surface area contributed by atoms with Gasteiger partial charge in [-0.2, -0.15) is 0 Å². The normalized spacial score (nSPS) is 10.0. The average Bonchev–Trinajstić information content (AvgIpc) is 2.29. The second-order valence-electron chi connectivity index (χ2n) is 3.37. The SMILES string of the molecule is NC(=O)c1ccccc1SCCCCC=O. The molecule has 1 amide bonds. The minimum absolute atomic E-state index is 0.393. The van der Waals surface area contributed by atoms with Gasteiger partial charge in [0.1, 0.15) is 6.29 Å². The lowest BCUT2D eigenvalue weighted by molar-refractivity contribution is -0.107. The average molecular weight is 237 g/mol. The van der Waals surface area contributed by atoms with Crippen molar-refractivity contribution in [3.8, 4) is 0 Å². The molecule has 3 nitrogen and oxygen atoms in total. The van der Waals surface area contributed by atoms with Crippen LogP contribution in [0.3, 0.4) is 0 Å². The number of unbranched alkanes of at least 4 members (excludes halogenated alkanes) is 2. The van der Waals surface area contributed by atoms with E-state index >= 15 is 0 Å². The van der Waals surface area contributed by atoms with Crippen LogP contribution in [0, 0.1) is 0 Å². The highest BCUT2D eigenvalue weighted by Gasteiger charge is 2.06. The van der Waals surface area contributed by atoms with Crippen LogP contribution in [0.15, 0.2) is 29.2 Å². The standard InChI is InChI=1S/C12H15NO2S/c13-12(15)10-6-2-3-7-11(10)16-9-5-1-4-8-14/h2-3,6-8H,1,4-5,9H2,(H2,13,15).